The largest absolute Gasteiger partial charge is 0.0951 e. The predicted octanol–water partition coefficient (Wildman–Crippen LogP) is 6.55. The number of aryl methyl sites for hydroxylation is 1. The molecule has 0 aliphatic heterocycles. The van der Waals surface area contributed by atoms with Crippen LogP contribution in [0.1, 0.15) is 76.3 Å². The van der Waals surface area contributed by atoms with Crippen molar-refractivity contribution in [2.75, 3.05) is 0 Å². The molecule has 0 nitrogen and oxygen atoms in total. The van der Waals surface area contributed by atoms with Crippen LogP contribution in [0, 0.1) is 35.5 Å². The smallest absolute Gasteiger partial charge is 0.0249 e. The Morgan fingerprint density at radius 3 is 2.32 bits per heavy atom. The molecule has 0 unspecified atom stereocenters. The first-order valence-corrected chi connectivity index (χ1v) is 10.1. The van der Waals surface area contributed by atoms with Gasteiger partial charge in [-0.3, -0.25) is 0 Å². The van der Waals surface area contributed by atoms with E-state index in [0.717, 1.165) is 11.5 Å². The lowest BCUT2D eigenvalue weighted by atomic mass is 9.81. The molecule has 1 aliphatic rings. The van der Waals surface area contributed by atoms with Crippen LogP contribution >= 0.6 is 0 Å². The van der Waals surface area contributed by atoms with Crippen molar-refractivity contribution in [3.63, 3.8) is 0 Å². The van der Waals surface area contributed by atoms with Gasteiger partial charge >= 0.3 is 0 Å². The molecule has 0 radical (unpaired) electrons. The van der Waals surface area contributed by atoms with E-state index in [4.69, 9.17) is 0 Å². The third-order valence-corrected chi connectivity index (χ3v) is 5.20. The van der Waals surface area contributed by atoms with Crippen LogP contribution in [0.3, 0.4) is 0 Å². The van der Waals surface area contributed by atoms with Gasteiger partial charge in [-0.15, -0.1) is 0 Å². The SMILES string of the molecule is CCCCCc1ccc(C#CC=CC#CC2CCC(CC)CC2)cc1. The molecule has 0 heterocycles. The fraction of sp³-hybridized carbons (Fsp3) is 0.520. The molecule has 132 valence electrons. The van der Waals surface area contributed by atoms with Gasteiger partial charge in [0.05, 0.1) is 0 Å². The molecule has 0 amide bonds. The molecule has 1 saturated carbocycles. The first-order valence-electron chi connectivity index (χ1n) is 10.1. The molecule has 25 heavy (non-hydrogen) atoms. The summed E-state index contributed by atoms with van der Waals surface area (Å²) in [6.45, 7) is 4.55. The van der Waals surface area contributed by atoms with Gasteiger partial charge in [-0.05, 0) is 74.3 Å². The fourth-order valence-electron chi connectivity index (χ4n) is 3.42. The van der Waals surface area contributed by atoms with Gasteiger partial charge in [0.15, 0.2) is 0 Å². The highest BCUT2D eigenvalue weighted by Crippen LogP contribution is 2.29. The summed E-state index contributed by atoms with van der Waals surface area (Å²) in [6, 6.07) is 8.66. The second-order valence-electron chi connectivity index (χ2n) is 7.17. The maximum atomic E-state index is 3.39. The lowest BCUT2D eigenvalue weighted by molar-refractivity contribution is 0.309. The maximum Gasteiger partial charge on any atom is 0.0249 e. The Morgan fingerprint density at radius 2 is 1.64 bits per heavy atom. The summed E-state index contributed by atoms with van der Waals surface area (Å²) < 4.78 is 0. The van der Waals surface area contributed by atoms with E-state index in [-0.39, 0.29) is 0 Å². The molecular formula is C25H32. The summed E-state index contributed by atoms with van der Waals surface area (Å²) in [5.41, 5.74) is 2.49. The highest BCUT2D eigenvalue weighted by Gasteiger charge is 2.17. The molecule has 1 aromatic rings. The molecule has 1 fully saturated rings. The van der Waals surface area contributed by atoms with Crippen molar-refractivity contribution >= 4 is 0 Å². The van der Waals surface area contributed by atoms with Gasteiger partial charge in [0, 0.05) is 11.5 Å². The van der Waals surface area contributed by atoms with Crippen molar-refractivity contribution in [1.29, 1.82) is 0 Å². The van der Waals surface area contributed by atoms with Gasteiger partial charge in [0.1, 0.15) is 0 Å². The van der Waals surface area contributed by atoms with Gasteiger partial charge in [-0.25, -0.2) is 0 Å². The lowest BCUT2D eigenvalue weighted by Gasteiger charge is -2.24. The molecule has 0 saturated heterocycles. The number of unbranched alkanes of at least 4 members (excludes halogenated alkanes) is 2. The average Bonchev–Trinajstić information content (AvgIpc) is 2.66. The molecule has 2 rings (SSSR count). The lowest BCUT2D eigenvalue weighted by Crippen LogP contribution is -2.12. The Morgan fingerprint density at radius 1 is 0.920 bits per heavy atom. The summed E-state index contributed by atoms with van der Waals surface area (Å²) in [4.78, 5) is 0. The van der Waals surface area contributed by atoms with E-state index in [1.165, 1.54) is 63.4 Å². The zero-order chi connectivity index (χ0) is 17.7. The van der Waals surface area contributed by atoms with E-state index in [1.807, 2.05) is 12.2 Å². The van der Waals surface area contributed by atoms with E-state index >= 15 is 0 Å². The second-order valence-corrected chi connectivity index (χ2v) is 7.17. The molecule has 0 atom stereocenters. The summed E-state index contributed by atoms with van der Waals surface area (Å²) >= 11 is 0. The van der Waals surface area contributed by atoms with Crippen LogP contribution in [0.4, 0.5) is 0 Å². The Labute approximate surface area is 155 Å². The third-order valence-electron chi connectivity index (χ3n) is 5.20. The zero-order valence-electron chi connectivity index (χ0n) is 16.0. The van der Waals surface area contributed by atoms with E-state index in [9.17, 15) is 0 Å². The summed E-state index contributed by atoms with van der Waals surface area (Å²) in [6.07, 6.45) is 15.4. The Bertz CT molecular complexity index is 631. The van der Waals surface area contributed by atoms with E-state index < -0.39 is 0 Å². The second kappa shape index (κ2) is 11.6. The molecule has 1 aromatic carbocycles. The Kier molecular flexibility index (Phi) is 9.01. The van der Waals surface area contributed by atoms with Crippen LogP contribution in [0.5, 0.6) is 0 Å². The van der Waals surface area contributed by atoms with Crippen molar-refractivity contribution in [3.8, 4) is 23.7 Å². The summed E-state index contributed by atoms with van der Waals surface area (Å²) in [5, 5.41) is 0. The van der Waals surface area contributed by atoms with Crippen molar-refractivity contribution in [1.82, 2.24) is 0 Å². The van der Waals surface area contributed by atoms with Crippen molar-refractivity contribution in [2.45, 2.75) is 71.6 Å². The van der Waals surface area contributed by atoms with Crippen LogP contribution in [0.15, 0.2) is 36.4 Å². The van der Waals surface area contributed by atoms with Crippen LogP contribution in [0.2, 0.25) is 0 Å². The molecule has 0 spiro atoms. The molecule has 0 bridgehead atoms. The van der Waals surface area contributed by atoms with Crippen LogP contribution in [0.25, 0.3) is 0 Å². The minimum Gasteiger partial charge on any atom is -0.0951 e. The van der Waals surface area contributed by atoms with Crippen LogP contribution in [-0.2, 0) is 6.42 Å². The van der Waals surface area contributed by atoms with Crippen molar-refractivity contribution < 1.29 is 0 Å². The van der Waals surface area contributed by atoms with E-state index in [1.54, 1.807) is 0 Å². The Hall–Kier alpha value is -1.92. The van der Waals surface area contributed by atoms with Crippen LogP contribution < -0.4 is 0 Å². The number of benzene rings is 1. The van der Waals surface area contributed by atoms with Gasteiger partial charge < -0.3 is 0 Å². The van der Waals surface area contributed by atoms with E-state index in [2.05, 4.69) is 61.8 Å². The monoisotopic (exact) mass is 332 g/mol. The number of hydrogen-bond acceptors (Lipinski definition) is 0. The first-order chi connectivity index (χ1) is 12.3. The normalized spacial score (nSPS) is 19.8. The summed E-state index contributed by atoms with van der Waals surface area (Å²) in [7, 11) is 0. The minimum absolute atomic E-state index is 0.598. The average molecular weight is 333 g/mol. The zero-order valence-corrected chi connectivity index (χ0v) is 16.0. The Balaban J connectivity index is 1.75. The van der Waals surface area contributed by atoms with Crippen molar-refractivity contribution in [2.24, 2.45) is 11.8 Å². The standard InChI is InChI=1S/C25H32/c1-3-5-8-11-23-18-20-25(21-19-23)13-10-7-6-9-12-24-16-14-22(4-2)15-17-24/h6-7,18-22,24H,3-5,8,11,14-17H2,1-2H3. The van der Waals surface area contributed by atoms with Crippen LogP contribution in [-0.4, -0.2) is 0 Å². The number of hydrogen-bond donors (Lipinski definition) is 0. The number of allylic oxidation sites excluding steroid dienone is 2. The molecule has 0 N–H and O–H groups in total. The fourth-order valence-corrected chi connectivity index (χ4v) is 3.42. The quantitative estimate of drug-likeness (QED) is 0.424. The van der Waals surface area contributed by atoms with Gasteiger partial charge in [0.25, 0.3) is 0 Å². The predicted molar refractivity (Wildman–Crippen MR) is 109 cm³/mol. The highest BCUT2D eigenvalue weighted by molar-refractivity contribution is 5.39. The third kappa shape index (κ3) is 7.67. The maximum absolute atomic E-state index is 3.39. The molecule has 0 heteroatoms. The molecule has 0 aromatic heterocycles. The number of rotatable bonds is 5. The first kappa shape index (κ1) is 19.4. The minimum atomic E-state index is 0.598. The van der Waals surface area contributed by atoms with Crippen molar-refractivity contribution in [3.05, 3.63) is 47.5 Å². The highest BCUT2D eigenvalue weighted by atomic mass is 14.2. The molecule has 1 aliphatic carbocycles. The van der Waals surface area contributed by atoms with Gasteiger partial charge in [0.2, 0.25) is 0 Å². The summed E-state index contributed by atoms with van der Waals surface area (Å²) in [5.74, 6) is 14.4. The molecular weight excluding hydrogens is 300 g/mol. The van der Waals surface area contributed by atoms with Gasteiger partial charge in [-0.1, -0.05) is 68.9 Å². The topological polar surface area (TPSA) is 0 Å². The van der Waals surface area contributed by atoms with Gasteiger partial charge in [-0.2, -0.15) is 0 Å². The van der Waals surface area contributed by atoms with E-state index in [0.29, 0.717) is 5.92 Å².